The van der Waals surface area contributed by atoms with Gasteiger partial charge in [-0.15, -0.1) is 0 Å². The molecule has 1 fully saturated rings. The summed E-state index contributed by atoms with van der Waals surface area (Å²) in [4.78, 5) is 4.55. The first-order valence-electron chi connectivity index (χ1n) is 11.6. The summed E-state index contributed by atoms with van der Waals surface area (Å²) in [6, 6.07) is 12.8. The van der Waals surface area contributed by atoms with Crippen molar-refractivity contribution in [3.05, 3.63) is 54.1 Å². The zero-order chi connectivity index (χ0) is 23.3. The summed E-state index contributed by atoms with van der Waals surface area (Å²) in [7, 11) is -7.53. The molecule has 9 heteroatoms. The summed E-state index contributed by atoms with van der Waals surface area (Å²) in [6.07, 6.45) is 9.54. The van der Waals surface area contributed by atoms with E-state index in [1.54, 1.807) is 12.1 Å². The maximum absolute atomic E-state index is 12.8. The van der Waals surface area contributed by atoms with Crippen molar-refractivity contribution in [2.75, 3.05) is 11.3 Å². The smallest absolute Gasteiger partial charge is 0.262 e. The lowest BCUT2D eigenvalue weighted by Gasteiger charge is -2.22. The molecule has 2 aromatic rings. The van der Waals surface area contributed by atoms with Crippen LogP contribution in [-0.4, -0.2) is 29.2 Å². The van der Waals surface area contributed by atoms with Crippen LogP contribution in [0.15, 0.2) is 63.3 Å². The zero-order valence-corrected chi connectivity index (χ0v) is 20.3. The average molecular weight is 490 g/mol. The first-order chi connectivity index (χ1) is 15.8. The minimum absolute atomic E-state index is 0.0641. The largest absolute Gasteiger partial charge is 0.280 e. The Morgan fingerprint density at radius 2 is 1.24 bits per heavy atom. The Morgan fingerprint density at radius 1 is 0.667 bits per heavy atom. The van der Waals surface area contributed by atoms with Crippen molar-refractivity contribution in [2.45, 2.75) is 73.5 Å². The van der Waals surface area contributed by atoms with E-state index in [-0.39, 0.29) is 9.79 Å². The molecule has 2 N–H and O–H groups in total. The van der Waals surface area contributed by atoms with Gasteiger partial charge in [0.05, 0.1) is 9.79 Å². The highest BCUT2D eigenvalue weighted by atomic mass is 32.2. The van der Waals surface area contributed by atoms with E-state index < -0.39 is 20.0 Å². The van der Waals surface area contributed by atoms with Crippen LogP contribution >= 0.6 is 0 Å². The number of nitrogens with one attached hydrogen (secondary N) is 2. The predicted molar refractivity (Wildman–Crippen MR) is 131 cm³/mol. The summed E-state index contributed by atoms with van der Waals surface area (Å²) in [5, 5.41) is 0. The van der Waals surface area contributed by atoms with Gasteiger partial charge in [-0.1, -0.05) is 37.8 Å². The molecule has 2 aliphatic rings. The standard InChI is InChI=1S/C24H31N3O4S2/c28-32(29,22-14-10-20(11-15-22)19-7-3-1-4-8-19)26-21-12-16-23(17-13-21)33(30,31)27-24-9-5-2-6-18-25-24/h10-17,19,26H,1-9,18H2,(H,25,27). The van der Waals surface area contributed by atoms with Crippen LogP contribution in [0.2, 0.25) is 0 Å². The Morgan fingerprint density at radius 3 is 1.91 bits per heavy atom. The van der Waals surface area contributed by atoms with E-state index in [0.717, 1.165) is 32.1 Å². The third-order valence-electron chi connectivity index (χ3n) is 6.31. The van der Waals surface area contributed by atoms with E-state index in [9.17, 15) is 16.8 Å². The summed E-state index contributed by atoms with van der Waals surface area (Å²) >= 11 is 0. The summed E-state index contributed by atoms with van der Waals surface area (Å²) in [5.41, 5.74) is 1.49. The van der Waals surface area contributed by atoms with Crippen LogP contribution in [-0.2, 0) is 20.0 Å². The maximum atomic E-state index is 12.8. The number of anilines is 1. The van der Waals surface area contributed by atoms with Gasteiger partial charge in [0.1, 0.15) is 5.84 Å². The molecule has 0 amide bonds. The van der Waals surface area contributed by atoms with Gasteiger partial charge >= 0.3 is 0 Å². The molecule has 0 saturated heterocycles. The van der Waals surface area contributed by atoms with E-state index in [1.807, 2.05) is 12.1 Å². The molecule has 178 valence electrons. The summed E-state index contributed by atoms with van der Waals surface area (Å²) in [5.74, 6) is 0.990. The second-order valence-electron chi connectivity index (χ2n) is 8.78. The number of sulfonamides is 2. The van der Waals surface area contributed by atoms with E-state index >= 15 is 0 Å². The van der Waals surface area contributed by atoms with E-state index in [0.29, 0.717) is 30.4 Å². The topological polar surface area (TPSA) is 105 Å². The highest BCUT2D eigenvalue weighted by molar-refractivity contribution is 7.92. The van der Waals surface area contributed by atoms with Gasteiger partial charge in [0, 0.05) is 18.7 Å². The van der Waals surface area contributed by atoms with Crippen LogP contribution < -0.4 is 9.44 Å². The second kappa shape index (κ2) is 10.3. The number of hydrogen-bond acceptors (Lipinski definition) is 5. The van der Waals surface area contributed by atoms with Crippen molar-refractivity contribution in [1.29, 1.82) is 0 Å². The third kappa shape index (κ3) is 6.14. The molecule has 0 bridgehead atoms. The van der Waals surface area contributed by atoms with Gasteiger partial charge in [-0.25, -0.2) is 16.8 Å². The molecule has 33 heavy (non-hydrogen) atoms. The van der Waals surface area contributed by atoms with Gasteiger partial charge in [0.15, 0.2) is 0 Å². The van der Waals surface area contributed by atoms with Gasteiger partial charge in [0.25, 0.3) is 20.0 Å². The molecule has 1 aliphatic heterocycles. The number of rotatable bonds is 6. The number of nitrogens with zero attached hydrogens (tertiary/aromatic N) is 1. The van der Waals surface area contributed by atoms with E-state index in [2.05, 4.69) is 14.4 Å². The SMILES string of the molecule is O=S(=O)(NC1=NCCCCC1)c1ccc(NS(=O)(=O)c2ccc(C3CCCCC3)cc2)cc1. The van der Waals surface area contributed by atoms with Crippen LogP contribution in [0.1, 0.15) is 69.3 Å². The number of aliphatic imine (C=N–C) groups is 1. The van der Waals surface area contributed by atoms with Gasteiger partial charge in [0.2, 0.25) is 0 Å². The molecule has 2 aromatic carbocycles. The zero-order valence-electron chi connectivity index (χ0n) is 18.7. The minimum atomic E-state index is -3.77. The molecule has 0 atom stereocenters. The fourth-order valence-corrected chi connectivity index (χ4v) is 6.59. The van der Waals surface area contributed by atoms with Crippen LogP contribution in [0.5, 0.6) is 0 Å². The number of benzene rings is 2. The van der Waals surface area contributed by atoms with Crippen molar-refractivity contribution in [3.8, 4) is 0 Å². The normalized spacial score (nSPS) is 18.2. The highest BCUT2D eigenvalue weighted by Crippen LogP contribution is 2.33. The van der Waals surface area contributed by atoms with Gasteiger partial charge in [-0.05, 0) is 73.6 Å². The van der Waals surface area contributed by atoms with Crippen LogP contribution in [0.3, 0.4) is 0 Å². The summed E-state index contributed by atoms with van der Waals surface area (Å²) in [6.45, 7) is 0.625. The number of hydrogen-bond donors (Lipinski definition) is 2. The third-order valence-corrected chi connectivity index (χ3v) is 9.10. The molecule has 4 rings (SSSR count). The second-order valence-corrected chi connectivity index (χ2v) is 12.1. The van der Waals surface area contributed by atoms with Crippen molar-refractivity contribution in [2.24, 2.45) is 4.99 Å². The number of amidine groups is 1. The van der Waals surface area contributed by atoms with Crippen molar-refractivity contribution < 1.29 is 16.8 Å². The Bertz CT molecular complexity index is 1180. The maximum Gasteiger partial charge on any atom is 0.262 e. The Balaban J connectivity index is 1.42. The van der Waals surface area contributed by atoms with Gasteiger partial charge in [-0.2, -0.15) is 0 Å². The molecule has 0 aromatic heterocycles. The van der Waals surface area contributed by atoms with Crippen molar-refractivity contribution in [1.82, 2.24) is 4.72 Å². The molecule has 1 aliphatic carbocycles. The first-order valence-corrected chi connectivity index (χ1v) is 14.6. The fraction of sp³-hybridized carbons (Fsp3) is 0.458. The molecule has 1 heterocycles. The first kappa shape index (κ1) is 23.8. The molecule has 0 spiro atoms. The average Bonchev–Trinajstić information content (AvgIpc) is 3.08. The van der Waals surface area contributed by atoms with Crippen LogP contribution in [0.4, 0.5) is 5.69 Å². The van der Waals surface area contributed by atoms with Gasteiger partial charge < -0.3 is 0 Å². The molecule has 0 radical (unpaired) electrons. The van der Waals surface area contributed by atoms with E-state index in [4.69, 9.17) is 0 Å². The Hall–Kier alpha value is -2.39. The van der Waals surface area contributed by atoms with E-state index in [1.165, 1.54) is 49.1 Å². The van der Waals surface area contributed by atoms with Crippen LogP contribution in [0, 0.1) is 0 Å². The molecular formula is C24H31N3O4S2. The minimum Gasteiger partial charge on any atom is -0.280 e. The quantitative estimate of drug-likeness (QED) is 0.609. The monoisotopic (exact) mass is 489 g/mol. The Labute approximate surface area is 196 Å². The fourth-order valence-electron chi connectivity index (χ4n) is 4.44. The van der Waals surface area contributed by atoms with Crippen molar-refractivity contribution in [3.63, 3.8) is 0 Å². The molecule has 7 nitrogen and oxygen atoms in total. The molecule has 1 saturated carbocycles. The predicted octanol–water partition coefficient (Wildman–Crippen LogP) is 4.79. The lowest BCUT2D eigenvalue weighted by molar-refractivity contribution is 0.443. The lowest BCUT2D eigenvalue weighted by atomic mass is 9.84. The Kier molecular flexibility index (Phi) is 7.38. The van der Waals surface area contributed by atoms with Gasteiger partial charge in [-0.3, -0.25) is 14.4 Å². The molecule has 0 unspecified atom stereocenters. The highest BCUT2D eigenvalue weighted by Gasteiger charge is 2.20. The lowest BCUT2D eigenvalue weighted by Crippen LogP contribution is -2.30. The summed E-state index contributed by atoms with van der Waals surface area (Å²) < 4.78 is 56.0. The van der Waals surface area contributed by atoms with Crippen molar-refractivity contribution >= 4 is 31.6 Å². The van der Waals surface area contributed by atoms with Crippen LogP contribution in [0.25, 0.3) is 0 Å². The molecular weight excluding hydrogens is 458 g/mol.